The average Bonchev–Trinajstić information content (AvgIpc) is 2.65. The molecule has 2 aromatic rings. The predicted octanol–water partition coefficient (Wildman–Crippen LogP) is 4.13. The van der Waals surface area contributed by atoms with Crippen molar-refractivity contribution in [3.63, 3.8) is 0 Å². The number of sulfone groups is 1. The molecule has 0 saturated carbocycles. The molecule has 0 aliphatic carbocycles. The lowest BCUT2D eigenvalue weighted by atomic mass is 9.89. The number of alkyl halides is 1. The summed E-state index contributed by atoms with van der Waals surface area (Å²) in [5.74, 6) is -1.83. The van der Waals surface area contributed by atoms with Crippen LogP contribution < -0.4 is 9.47 Å². The Bertz CT molecular complexity index is 913. The first-order valence-corrected chi connectivity index (χ1v) is 9.50. The van der Waals surface area contributed by atoms with E-state index in [1.165, 1.54) is 24.3 Å². The van der Waals surface area contributed by atoms with Crippen LogP contribution in [-0.2, 0) is 14.6 Å². The smallest absolute Gasteiger partial charge is 0.228 e. The quantitative estimate of drug-likeness (QED) is 0.775. The minimum atomic E-state index is -4.09. The van der Waals surface area contributed by atoms with Crippen molar-refractivity contribution in [2.24, 2.45) is 0 Å². The summed E-state index contributed by atoms with van der Waals surface area (Å²) >= 11 is 0. The van der Waals surface area contributed by atoms with E-state index in [-0.39, 0.29) is 41.4 Å². The first kappa shape index (κ1) is 18.6. The predicted molar refractivity (Wildman–Crippen MR) is 88.7 cm³/mol. The molecule has 0 bridgehead atoms. The van der Waals surface area contributed by atoms with Gasteiger partial charge in [0.25, 0.3) is 0 Å². The van der Waals surface area contributed by atoms with Gasteiger partial charge in [0.15, 0.2) is 21.4 Å². The summed E-state index contributed by atoms with van der Waals surface area (Å²) in [6.45, 7) is 0.515. The molecule has 1 heterocycles. The van der Waals surface area contributed by atoms with Gasteiger partial charge in [-0.05, 0) is 42.8 Å². The summed E-state index contributed by atoms with van der Waals surface area (Å²) in [5.41, 5.74) is -0.282. The van der Waals surface area contributed by atoms with E-state index in [0.29, 0.717) is 0 Å². The normalized spacial score (nSPS) is 19.5. The maximum absolute atomic E-state index is 14.6. The molecule has 0 saturated heterocycles. The van der Waals surface area contributed by atoms with Gasteiger partial charge in [0.1, 0.15) is 16.3 Å². The van der Waals surface area contributed by atoms with Crippen LogP contribution in [0.4, 0.5) is 13.2 Å². The molecule has 0 fully saturated rings. The Hall–Kier alpha value is -2.22. The molecule has 0 spiro atoms. The van der Waals surface area contributed by atoms with Gasteiger partial charge >= 0.3 is 0 Å². The van der Waals surface area contributed by atoms with Gasteiger partial charge in [-0.15, -0.1) is 0 Å². The highest BCUT2D eigenvalue weighted by molar-refractivity contribution is 7.92. The van der Waals surface area contributed by atoms with E-state index in [1.54, 1.807) is 6.92 Å². The van der Waals surface area contributed by atoms with E-state index < -0.39 is 33.1 Å². The fourth-order valence-corrected chi connectivity index (χ4v) is 5.49. The van der Waals surface area contributed by atoms with Crippen molar-refractivity contribution in [1.82, 2.24) is 0 Å². The summed E-state index contributed by atoms with van der Waals surface area (Å²) in [7, 11) is -4.09. The monoisotopic (exact) mass is 386 g/mol. The summed E-state index contributed by atoms with van der Waals surface area (Å²) in [4.78, 5) is -0.0814. The Labute approximate surface area is 149 Å². The van der Waals surface area contributed by atoms with Crippen molar-refractivity contribution in [2.75, 3.05) is 13.5 Å². The largest absolute Gasteiger partial charge is 0.490 e. The Morgan fingerprint density at radius 3 is 2.38 bits per heavy atom. The second-order valence-corrected chi connectivity index (χ2v) is 8.17. The Kier molecular flexibility index (Phi) is 4.88. The number of hydrogen-bond acceptors (Lipinski definition) is 4. The van der Waals surface area contributed by atoms with Gasteiger partial charge in [-0.25, -0.2) is 21.6 Å². The number of benzene rings is 2. The van der Waals surface area contributed by atoms with E-state index in [9.17, 15) is 21.6 Å². The first-order chi connectivity index (χ1) is 12.4. The standard InChI is InChI=1S/C18H17F3O4S/c1-2-18(9-10-24-17-15(21)8-7-14(20)16(17)18)26(22,23)13-5-3-12(4-6-13)25-11-19/h3-8H,2,9-11H2,1H3. The molecule has 140 valence electrons. The molecule has 0 N–H and O–H groups in total. The van der Waals surface area contributed by atoms with Crippen LogP contribution in [0.1, 0.15) is 25.3 Å². The highest BCUT2D eigenvalue weighted by Crippen LogP contribution is 2.49. The minimum Gasteiger partial charge on any atom is -0.490 e. The number of halogens is 3. The zero-order valence-corrected chi connectivity index (χ0v) is 14.8. The van der Waals surface area contributed by atoms with Crippen molar-refractivity contribution >= 4 is 9.84 Å². The molecule has 8 heteroatoms. The Balaban J connectivity index is 2.19. The number of ether oxygens (including phenoxy) is 2. The molecule has 4 nitrogen and oxygen atoms in total. The second-order valence-electron chi connectivity index (χ2n) is 5.91. The SMILES string of the molecule is CCC1(S(=O)(=O)c2ccc(OCF)cc2)CCOc2c(F)ccc(F)c21. The summed E-state index contributed by atoms with van der Waals surface area (Å²) in [5, 5.41) is 0. The lowest BCUT2D eigenvalue weighted by Gasteiger charge is -2.37. The summed E-state index contributed by atoms with van der Waals surface area (Å²) in [6, 6.07) is 6.99. The molecule has 1 aliphatic rings. The zero-order chi connectivity index (χ0) is 18.9. The first-order valence-electron chi connectivity index (χ1n) is 8.02. The average molecular weight is 386 g/mol. The molecule has 1 aliphatic heterocycles. The third-order valence-corrected chi connectivity index (χ3v) is 7.33. The molecule has 0 amide bonds. The van der Waals surface area contributed by atoms with Crippen LogP contribution in [0.2, 0.25) is 0 Å². The highest BCUT2D eigenvalue weighted by Gasteiger charge is 2.50. The van der Waals surface area contributed by atoms with E-state index in [2.05, 4.69) is 4.74 Å². The van der Waals surface area contributed by atoms with Gasteiger partial charge in [0.05, 0.1) is 17.1 Å². The third-order valence-electron chi connectivity index (χ3n) is 4.71. The van der Waals surface area contributed by atoms with Gasteiger partial charge in [0.2, 0.25) is 6.86 Å². The Morgan fingerprint density at radius 2 is 1.77 bits per heavy atom. The molecule has 2 aromatic carbocycles. The highest BCUT2D eigenvalue weighted by atomic mass is 32.2. The van der Waals surface area contributed by atoms with Crippen LogP contribution in [0.3, 0.4) is 0 Å². The molecule has 0 radical (unpaired) electrons. The van der Waals surface area contributed by atoms with Crippen LogP contribution in [0.15, 0.2) is 41.3 Å². The molecule has 26 heavy (non-hydrogen) atoms. The number of rotatable bonds is 5. The van der Waals surface area contributed by atoms with E-state index in [1.807, 2.05) is 0 Å². The zero-order valence-electron chi connectivity index (χ0n) is 14.0. The lowest BCUT2D eigenvalue weighted by molar-refractivity contribution is 0.191. The van der Waals surface area contributed by atoms with Crippen LogP contribution in [0.25, 0.3) is 0 Å². The fraction of sp³-hybridized carbons (Fsp3) is 0.333. The van der Waals surface area contributed by atoms with Gasteiger partial charge in [0, 0.05) is 6.42 Å². The summed E-state index contributed by atoms with van der Waals surface area (Å²) in [6.07, 6.45) is 0.0245. The van der Waals surface area contributed by atoms with Gasteiger partial charge in [-0.3, -0.25) is 0 Å². The topological polar surface area (TPSA) is 52.6 Å². The summed E-state index contributed by atoms with van der Waals surface area (Å²) < 4.78 is 75.9. The van der Waals surface area contributed by atoms with Crippen molar-refractivity contribution in [3.8, 4) is 11.5 Å². The molecule has 3 rings (SSSR count). The van der Waals surface area contributed by atoms with E-state index in [4.69, 9.17) is 4.74 Å². The van der Waals surface area contributed by atoms with Crippen molar-refractivity contribution < 1.29 is 31.1 Å². The Morgan fingerprint density at radius 1 is 1.12 bits per heavy atom. The van der Waals surface area contributed by atoms with Crippen LogP contribution in [-0.4, -0.2) is 21.9 Å². The van der Waals surface area contributed by atoms with E-state index in [0.717, 1.165) is 12.1 Å². The molecule has 1 unspecified atom stereocenters. The van der Waals surface area contributed by atoms with Crippen molar-refractivity contribution in [2.45, 2.75) is 29.4 Å². The van der Waals surface area contributed by atoms with E-state index >= 15 is 0 Å². The second kappa shape index (κ2) is 6.83. The number of fused-ring (bicyclic) bond motifs is 1. The molecular formula is C18H17F3O4S. The van der Waals surface area contributed by atoms with Crippen LogP contribution in [0, 0.1) is 11.6 Å². The fourth-order valence-electron chi connectivity index (χ4n) is 3.36. The maximum Gasteiger partial charge on any atom is 0.228 e. The maximum atomic E-state index is 14.6. The molecule has 1 atom stereocenters. The van der Waals surface area contributed by atoms with Crippen molar-refractivity contribution in [3.05, 3.63) is 53.6 Å². The van der Waals surface area contributed by atoms with Crippen LogP contribution in [0.5, 0.6) is 11.5 Å². The van der Waals surface area contributed by atoms with Gasteiger partial charge in [-0.2, -0.15) is 0 Å². The van der Waals surface area contributed by atoms with Gasteiger partial charge < -0.3 is 9.47 Å². The molecular weight excluding hydrogens is 369 g/mol. The minimum absolute atomic E-state index is 0.0120. The third kappa shape index (κ3) is 2.72. The lowest BCUT2D eigenvalue weighted by Crippen LogP contribution is -2.41. The van der Waals surface area contributed by atoms with Crippen molar-refractivity contribution in [1.29, 1.82) is 0 Å². The van der Waals surface area contributed by atoms with Gasteiger partial charge in [-0.1, -0.05) is 6.92 Å². The molecule has 0 aromatic heterocycles. The number of hydrogen-bond donors (Lipinski definition) is 0. The van der Waals surface area contributed by atoms with Crippen LogP contribution >= 0.6 is 0 Å².